The Balaban J connectivity index is 1.67. The number of fused-ring (bicyclic) bond motifs is 2. The molecular formula is C20H17N3S2. The van der Waals surface area contributed by atoms with Gasteiger partial charge in [0.25, 0.3) is 0 Å². The van der Waals surface area contributed by atoms with E-state index in [1.807, 2.05) is 6.92 Å². The van der Waals surface area contributed by atoms with Crippen molar-refractivity contribution in [2.75, 3.05) is 11.4 Å². The number of hydrogen-bond acceptors (Lipinski definition) is 5. The Bertz CT molecular complexity index is 1050. The predicted molar refractivity (Wildman–Crippen MR) is 107 cm³/mol. The molecule has 0 spiro atoms. The topological polar surface area (TPSA) is 29.0 Å². The summed E-state index contributed by atoms with van der Waals surface area (Å²) in [6.07, 6.45) is 1.07. The first-order valence-electron chi connectivity index (χ1n) is 8.41. The van der Waals surface area contributed by atoms with Crippen molar-refractivity contribution < 1.29 is 0 Å². The summed E-state index contributed by atoms with van der Waals surface area (Å²) in [5.41, 5.74) is 4.14. The van der Waals surface area contributed by atoms with Gasteiger partial charge in [0, 0.05) is 28.9 Å². The third-order valence-corrected chi connectivity index (χ3v) is 6.52. The van der Waals surface area contributed by atoms with Crippen LogP contribution in [0.5, 0.6) is 0 Å². The summed E-state index contributed by atoms with van der Waals surface area (Å²) >= 11 is 3.50. The third-order valence-electron chi connectivity index (χ3n) is 4.74. The van der Waals surface area contributed by atoms with Crippen molar-refractivity contribution in [2.45, 2.75) is 19.9 Å². The number of aromatic nitrogens is 2. The van der Waals surface area contributed by atoms with E-state index >= 15 is 0 Å². The summed E-state index contributed by atoms with van der Waals surface area (Å²) in [7, 11) is 0. The van der Waals surface area contributed by atoms with E-state index in [-0.39, 0.29) is 0 Å². The summed E-state index contributed by atoms with van der Waals surface area (Å²) < 4.78 is 0. The molecule has 0 bridgehead atoms. The second-order valence-corrected chi connectivity index (χ2v) is 8.15. The third kappa shape index (κ3) is 2.55. The highest BCUT2D eigenvalue weighted by Gasteiger charge is 2.22. The maximum absolute atomic E-state index is 4.87. The van der Waals surface area contributed by atoms with Gasteiger partial charge in [0.05, 0.1) is 5.39 Å². The summed E-state index contributed by atoms with van der Waals surface area (Å²) in [5.74, 6) is 1.93. The molecule has 25 heavy (non-hydrogen) atoms. The average molecular weight is 364 g/mol. The quantitative estimate of drug-likeness (QED) is 0.484. The number of thiophene rings is 2. The van der Waals surface area contributed by atoms with Gasteiger partial charge < -0.3 is 4.90 Å². The predicted octanol–water partition coefficient (Wildman–Crippen LogP) is 5.29. The fourth-order valence-corrected chi connectivity index (χ4v) is 5.35. The van der Waals surface area contributed by atoms with Crippen LogP contribution in [0.2, 0.25) is 0 Å². The van der Waals surface area contributed by atoms with E-state index in [4.69, 9.17) is 9.97 Å². The molecule has 0 amide bonds. The SMILES string of the molecule is Cc1nc(N2CCc3ccccc3C2)c2c(-c3cccs3)csc2n1. The highest BCUT2D eigenvalue weighted by atomic mass is 32.1. The van der Waals surface area contributed by atoms with Gasteiger partial charge in [-0.1, -0.05) is 30.3 Å². The number of anilines is 1. The van der Waals surface area contributed by atoms with E-state index in [0.29, 0.717) is 0 Å². The van der Waals surface area contributed by atoms with Gasteiger partial charge in [0.2, 0.25) is 0 Å². The van der Waals surface area contributed by atoms with Crippen molar-refractivity contribution in [3.05, 3.63) is 64.1 Å². The molecule has 0 unspecified atom stereocenters. The number of aryl methyl sites for hydroxylation is 1. The van der Waals surface area contributed by atoms with Gasteiger partial charge in [0.15, 0.2) is 0 Å². The minimum absolute atomic E-state index is 0.848. The Hall–Kier alpha value is -2.24. The summed E-state index contributed by atoms with van der Waals surface area (Å²) in [6.45, 7) is 3.91. The molecule has 3 aromatic heterocycles. The van der Waals surface area contributed by atoms with Gasteiger partial charge in [-0.05, 0) is 35.9 Å². The zero-order valence-electron chi connectivity index (χ0n) is 13.9. The molecule has 1 aliphatic heterocycles. The van der Waals surface area contributed by atoms with E-state index < -0.39 is 0 Å². The first-order chi connectivity index (χ1) is 12.3. The van der Waals surface area contributed by atoms with Crippen molar-refractivity contribution in [3.63, 3.8) is 0 Å². The highest BCUT2D eigenvalue weighted by molar-refractivity contribution is 7.18. The molecule has 4 heterocycles. The van der Waals surface area contributed by atoms with Crippen LogP contribution >= 0.6 is 22.7 Å². The molecule has 4 aromatic rings. The highest BCUT2D eigenvalue weighted by Crippen LogP contribution is 2.40. The zero-order chi connectivity index (χ0) is 16.8. The van der Waals surface area contributed by atoms with Gasteiger partial charge in [-0.3, -0.25) is 0 Å². The van der Waals surface area contributed by atoms with Crippen molar-refractivity contribution in [1.82, 2.24) is 9.97 Å². The average Bonchev–Trinajstić information content (AvgIpc) is 3.29. The van der Waals surface area contributed by atoms with Crippen LogP contribution in [0.15, 0.2) is 47.2 Å². The maximum atomic E-state index is 4.87. The van der Waals surface area contributed by atoms with Crippen LogP contribution in [0.1, 0.15) is 17.0 Å². The smallest absolute Gasteiger partial charge is 0.142 e. The van der Waals surface area contributed by atoms with Crippen LogP contribution in [0, 0.1) is 6.92 Å². The molecular weight excluding hydrogens is 346 g/mol. The minimum Gasteiger partial charge on any atom is -0.351 e. The number of rotatable bonds is 2. The standard InChI is InChI=1S/C20H17N3S2/c1-13-21-19(23-9-8-14-5-2-3-6-15(14)11-23)18-16(12-25-20(18)22-13)17-7-4-10-24-17/h2-7,10,12H,8-9,11H2,1H3. The van der Waals surface area contributed by atoms with Gasteiger partial charge in [0.1, 0.15) is 16.5 Å². The molecule has 1 aliphatic rings. The second kappa shape index (κ2) is 5.93. The first kappa shape index (κ1) is 15.0. The molecule has 124 valence electrons. The van der Waals surface area contributed by atoms with Crippen molar-refractivity contribution in [2.24, 2.45) is 0 Å². The lowest BCUT2D eigenvalue weighted by Gasteiger charge is -2.30. The van der Waals surface area contributed by atoms with Crippen LogP contribution in [0.3, 0.4) is 0 Å². The molecule has 0 atom stereocenters. The van der Waals surface area contributed by atoms with E-state index in [0.717, 1.165) is 36.0 Å². The molecule has 0 N–H and O–H groups in total. The van der Waals surface area contributed by atoms with Gasteiger partial charge >= 0.3 is 0 Å². The zero-order valence-corrected chi connectivity index (χ0v) is 15.5. The Morgan fingerprint density at radius 2 is 1.88 bits per heavy atom. The van der Waals surface area contributed by atoms with E-state index in [1.165, 1.54) is 27.0 Å². The molecule has 1 aromatic carbocycles. The van der Waals surface area contributed by atoms with Crippen LogP contribution in [0.4, 0.5) is 5.82 Å². The summed E-state index contributed by atoms with van der Waals surface area (Å²) in [6, 6.07) is 13.0. The van der Waals surface area contributed by atoms with Gasteiger partial charge in [-0.2, -0.15) is 0 Å². The molecule has 0 radical (unpaired) electrons. The van der Waals surface area contributed by atoms with Crippen LogP contribution in [-0.4, -0.2) is 16.5 Å². The number of hydrogen-bond donors (Lipinski definition) is 0. The lowest BCUT2D eigenvalue weighted by molar-refractivity contribution is 0.721. The normalized spacial score (nSPS) is 14.0. The van der Waals surface area contributed by atoms with E-state index in [1.54, 1.807) is 22.7 Å². The van der Waals surface area contributed by atoms with Crippen LogP contribution in [0.25, 0.3) is 20.7 Å². The Morgan fingerprint density at radius 3 is 2.72 bits per heavy atom. The lowest BCUT2D eigenvalue weighted by Crippen LogP contribution is -2.31. The number of nitrogens with zero attached hydrogens (tertiary/aromatic N) is 3. The Morgan fingerprint density at radius 1 is 1.00 bits per heavy atom. The Labute approximate surface area is 154 Å². The Kier molecular flexibility index (Phi) is 3.57. The van der Waals surface area contributed by atoms with E-state index in [9.17, 15) is 0 Å². The molecule has 0 aliphatic carbocycles. The summed E-state index contributed by atoms with van der Waals surface area (Å²) in [4.78, 5) is 14.4. The van der Waals surface area contributed by atoms with Crippen molar-refractivity contribution in [1.29, 1.82) is 0 Å². The molecule has 0 saturated heterocycles. The van der Waals surface area contributed by atoms with Crippen LogP contribution < -0.4 is 4.90 Å². The monoisotopic (exact) mass is 363 g/mol. The van der Waals surface area contributed by atoms with Gasteiger partial charge in [-0.15, -0.1) is 22.7 Å². The fraction of sp³-hybridized carbons (Fsp3) is 0.200. The van der Waals surface area contributed by atoms with Crippen molar-refractivity contribution >= 4 is 38.7 Å². The van der Waals surface area contributed by atoms with E-state index in [2.05, 4.69) is 52.1 Å². The molecule has 5 rings (SSSR count). The second-order valence-electron chi connectivity index (χ2n) is 6.34. The first-order valence-corrected chi connectivity index (χ1v) is 10.2. The number of benzene rings is 1. The van der Waals surface area contributed by atoms with Crippen LogP contribution in [-0.2, 0) is 13.0 Å². The molecule has 3 nitrogen and oxygen atoms in total. The minimum atomic E-state index is 0.848. The fourth-order valence-electron chi connectivity index (χ4n) is 3.55. The van der Waals surface area contributed by atoms with Gasteiger partial charge in [-0.25, -0.2) is 9.97 Å². The molecule has 5 heteroatoms. The molecule has 0 fully saturated rings. The largest absolute Gasteiger partial charge is 0.351 e. The van der Waals surface area contributed by atoms with Crippen molar-refractivity contribution in [3.8, 4) is 10.4 Å². The summed E-state index contributed by atoms with van der Waals surface area (Å²) in [5, 5.41) is 5.56. The molecule has 0 saturated carbocycles. The maximum Gasteiger partial charge on any atom is 0.142 e. The lowest BCUT2D eigenvalue weighted by atomic mass is 9.99.